The van der Waals surface area contributed by atoms with E-state index in [1.54, 1.807) is 0 Å². The molecule has 0 aliphatic carbocycles. The molecule has 1 heterocycles. The number of nitrogens with one attached hydrogen (secondary N) is 1. The number of hydrogen-bond donors (Lipinski definition) is 2. The maximum atomic E-state index is 12.7. The second kappa shape index (κ2) is 4.41. The van der Waals surface area contributed by atoms with Gasteiger partial charge in [-0.3, -0.25) is 5.10 Å². The van der Waals surface area contributed by atoms with Crippen molar-refractivity contribution in [2.75, 3.05) is 0 Å². The van der Waals surface area contributed by atoms with Crippen LogP contribution < -0.4 is 0 Å². The summed E-state index contributed by atoms with van der Waals surface area (Å²) in [7, 11) is 0. The molecule has 0 spiro atoms. The molecule has 3 nitrogen and oxygen atoms in total. The second-order valence-electron chi connectivity index (χ2n) is 3.65. The number of rotatable bonds is 2. The Labute approximate surface area is 99.1 Å². The van der Waals surface area contributed by atoms with Gasteiger partial charge in [-0.15, -0.1) is 0 Å². The van der Waals surface area contributed by atoms with Crippen molar-refractivity contribution in [2.24, 2.45) is 0 Å². The van der Waals surface area contributed by atoms with Crippen molar-refractivity contribution in [1.82, 2.24) is 10.2 Å². The molecule has 0 amide bonds. The minimum atomic E-state index is -4.78. The summed E-state index contributed by atoms with van der Waals surface area (Å²) >= 11 is 0. The molecule has 1 atom stereocenters. The van der Waals surface area contributed by atoms with Crippen LogP contribution in [0.1, 0.15) is 11.7 Å². The fourth-order valence-electron chi connectivity index (χ4n) is 1.53. The van der Waals surface area contributed by atoms with Crippen molar-refractivity contribution in [1.29, 1.82) is 0 Å². The number of H-pyrrole nitrogens is 1. The summed E-state index contributed by atoms with van der Waals surface area (Å²) in [5.74, 6) is -0.504. The predicted octanol–water partition coefficient (Wildman–Crippen LogP) is 2.81. The molecule has 0 aliphatic heterocycles. The predicted molar refractivity (Wildman–Crippen MR) is 55.0 cm³/mol. The summed E-state index contributed by atoms with van der Waals surface area (Å²) in [6.45, 7) is 0. The molecule has 1 aromatic heterocycles. The van der Waals surface area contributed by atoms with Crippen molar-refractivity contribution >= 4 is 0 Å². The van der Waals surface area contributed by atoms with Gasteiger partial charge in [0.1, 0.15) is 5.82 Å². The molecule has 0 fully saturated rings. The molecule has 18 heavy (non-hydrogen) atoms. The Kier molecular flexibility index (Phi) is 3.08. The lowest BCUT2D eigenvalue weighted by Gasteiger charge is -2.14. The van der Waals surface area contributed by atoms with E-state index in [0.717, 1.165) is 18.3 Å². The molecule has 0 saturated carbocycles. The second-order valence-corrected chi connectivity index (χ2v) is 3.65. The van der Waals surface area contributed by atoms with Gasteiger partial charge in [-0.1, -0.05) is 0 Å². The van der Waals surface area contributed by atoms with Gasteiger partial charge in [-0.25, -0.2) is 4.39 Å². The first-order valence-electron chi connectivity index (χ1n) is 4.93. The summed E-state index contributed by atoms with van der Waals surface area (Å²) in [6.07, 6.45) is -6.51. The summed E-state index contributed by atoms with van der Waals surface area (Å²) in [4.78, 5) is 0. The maximum Gasteiger partial charge on any atom is 0.418 e. The zero-order valence-electron chi connectivity index (χ0n) is 8.87. The van der Waals surface area contributed by atoms with E-state index in [1.807, 2.05) is 0 Å². The first-order chi connectivity index (χ1) is 8.39. The van der Waals surface area contributed by atoms with Gasteiger partial charge in [-0.05, 0) is 24.3 Å². The van der Waals surface area contributed by atoms with Crippen molar-refractivity contribution in [3.8, 4) is 11.3 Å². The van der Waals surface area contributed by atoms with Crippen LogP contribution in [0, 0.1) is 5.82 Å². The van der Waals surface area contributed by atoms with E-state index in [1.165, 1.54) is 12.1 Å². The van der Waals surface area contributed by atoms with Crippen molar-refractivity contribution < 1.29 is 22.7 Å². The van der Waals surface area contributed by atoms with Crippen LogP contribution >= 0.6 is 0 Å². The SMILES string of the molecule is O[C@H](c1cn[nH]c1-c1ccc(F)cc1)C(F)(F)F. The van der Waals surface area contributed by atoms with Crippen LogP contribution in [0.25, 0.3) is 11.3 Å². The minimum absolute atomic E-state index is 0.0137. The van der Waals surface area contributed by atoms with E-state index in [-0.39, 0.29) is 5.69 Å². The Hall–Kier alpha value is -1.89. The molecular formula is C11H8F4N2O. The number of benzene rings is 1. The third kappa shape index (κ3) is 2.35. The summed E-state index contributed by atoms with van der Waals surface area (Å²) in [6, 6.07) is 4.82. The van der Waals surface area contributed by atoms with Gasteiger partial charge < -0.3 is 5.11 Å². The van der Waals surface area contributed by atoms with Crippen molar-refractivity contribution in [3.05, 3.63) is 41.8 Å². The van der Waals surface area contributed by atoms with Crippen LogP contribution in [0.2, 0.25) is 0 Å². The lowest BCUT2D eigenvalue weighted by Crippen LogP contribution is -2.20. The van der Waals surface area contributed by atoms with Crippen LogP contribution in [-0.4, -0.2) is 21.5 Å². The molecule has 1 aromatic carbocycles. The number of aliphatic hydroxyl groups excluding tert-OH is 1. The maximum absolute atomic E-state index is 12.7. The van der Waals surface area contributed by atoms with Gasteiger partial charge in [-0.2, -0.15) is 18.3 Å². The molecule has 0 saturated heterocycles. The van der Waals surface area contributed by atoms with E-state index in [4.69, 9.17) is 0 Å². The van der Waals surface area contributed by atoms with Crippen molar-refractivity contribution in [3.63, 3.8) is 0 Å². The molecule has 2 rings (SSSR count). The summed E-state index contributed by atoms with van der Waals surface area (Å²) in [5.41, 5.74) is -0.0684. The van der Waals surface area contributed by atoms with Crippen LogP contribution in [0.4, 0.5) is 17.6 Å². The Morgan fingerprint density at radius 3 is 2.33 bits per heavy atom. The molecule has 7 heteroatoms. The number of aromatic nitrogens is 2. The molecule has 0 aliphatic rings. The van der Waals surface area contributed by atoms with Crippen LogP contribution in [0.3, 0.4) is 0 Å². The van der Waals surface area contributed by atoms with Gasteiger partial charge >= 0.3 is 6.18 Å². The zero-order chi connectivity index (χ0) is 13.3. The molecule has 2 aromatic rings. The van der Waals surface area contributed by atoms with Gasteiger partial charge in [0.15, 0.2) is 6.10 Å². The first-order valence-corrected chi connectivity index (χ1v) is 4.93. The van der Waals surface area contributed by atoms with Gasteiger partial charge in [0.2, 0.25) is 0 Å². The topological polar surface area (TPSA) is 48.9 Å². The molecule has 0 radical (unpaired) electrons. The summed E-state index contributed by atoms with van der Waals surface area (Å²) < 4.78 is 50.0. The van der Waals surface area contributed by atoms with Crippen LogP contribution in [0.5, 0.6) is 0 Å². The fraction of sp³-hybridized carbons (Fsp3) is 0.182. The van der Waals surface area contributed by atoms with E-state index >= 15 is 0 Å². The van der Waals surface area contributed by atoms with E-state index < -0.39 is 23.7 Å². The number of aliphatic hydroxyl groups is 1. The van der Waals surface area contributed by atoms with Gasteiger partial charge in [0.05, 0.1) is 11.9 Å². The monoisotopic (exact) mass is 260 g/mol. The highest BCUT2D eigenvalue weighted by Crippen LogP contribution is 2.36. The molecular weight excluding hydrogens is 252 g/mol. The number of alkyl halides is 3. The highest BCUT2D eigenvalue weighted by atomic mass is 19.4. The zero-order valence-corrected chi connectivity index (χ0v) is 8.87. The third-order valence-electron chi connectivity index (χ3n) is 2.41. The van der Waals surface area contributed by atoms with E-state index in [0.29, 0.717) is 5.56 Å². The van der Waals surface area contributed by atoms with Crippen LogP contribution in [-0.2, 0) is 0 Å². The quantitative estimate of drug-likeness (QED) is 0.816. The Balaban J connectivity index is 2.42. The van der Waals surface area contributed by atoms with Crippen molar-refractivity contribution in [2.45, 2.75) is 12.3 Å². The van der Waals surface area contributed by atoms with Gasteiger partial charge in [0, 0.05) is 11.1 Å². The standard InChI is InChI=1S/C11H8F4N2O/c12-7-3-1-6(2-4-7)9-8(5-16-17-9)10(18)11(13,14)15/h1-5,10,18H,(H,16,17)/t10-/m1/s1. The Morgan fingerprint density at radius 2 is 1.78 bits per heavy atom. The molecule has 2 N–H and O–H groups in total. The normalized spacial score (nSPS) is 13.6. The number of nitrogens with zero attached hydrogens (tertiary/aromatic N) is 1. The summed E-state index contributed by atoms with van der Waals surface area (Å²) in [5, 5.41) is 15.0. The van der Waals surface area contributed by atoms with E-state index in [9.17, 15) is 22.7 Å². The smallest absolute Gasteiger partial charge is 0.379 e. The first kappa shape index (κ1) is 12.6. The lowest BCUT2D eigenvalue weighted by molar-refractivity contribution is -0.206. The molecule has 96 valence electrons. The van der Waals surface area contributed by atoms with Crippen LogP contribution in [0.15, 0.2) is 30.5 Å². The number of halogens is 4. The average molecular weight is 260 g/mol. The van der Waals surface area contributed by atoms with Gasteiger partial charge in [0.25, 0.3) is 0 Å². The minimum Gasteiger partial charge on any atom is -0.379 e. The Morgan fingerprint density at radius 1 is 1.17 bits per heavy atom. The fourth-order valence-corrected chi connectivity index (χ4v) is 1.53. The largest absolute Gasteiger partial charge is 0.418 e. The van der Waals surface area contributed by atoms with E-state index in [2.05, 4.69) is 10.2 Å². The molecule has 0 bridgehead atoms. The highest BCUT2D eigenvalue weighted by molar-refractivity contribution is 5.63. The highest BCUT2D eigenvalue weighted by Gasteiger charge is 2.41. The number of hydrogen-bond acceptors (Lipinski definition) is 2. The average Bonchev–Trinajstić information content (AvgIpc) is 2.76. The Bertz CT molecular complexity index is 533. The molecule has 0 unspecified atom stereocenters. The third-order valence-corrected chi connectivity index (χ3v) is 2.41. The lowest BCUT2D eigenvalue weighted by atomic mass is 10.0. The number of aromatic amines is 1.